The number of nitrogens with zero attached hydrogens (tertiary/aromatic N) is 4. The number of halogens is 1. The van der Waals surface area contributed by atoms with E-state index in [2.05, 4.69) is 27.0 Å². The molecule has 0 unspecified atom stereocenters. The van der Waals surface area contributed by atoms with Crippen molar-refractivity contribution >= 4 is 24.1 Å². The Morgan fingerprint density at radius 3 is 2.51 bits per heavy atom. The number of ether oxygens (including phenoxy) is 2. The van der Waals surface area contributed by atoms with Crippen molar-refractivity contribution in [3.05, 3.63) is 83.2 Å². The monoisotopic (exact) mass is 612 g/mol. The molecule has 1 aliphatic carbocycles. The van der Waals surface area contributed by atoms with Gasteiger partial charge in [-0.15, -0.1) is 0 Å². The number of rotatable bonds is 10. The van der Waals surface area contributed by atoms with Gasteiger partial charge in [0.05, 0.1) is 19.5 Å². The van der Waals surface area contributed by atoms with Crippen molar-refractivity contribution in [1.29, 1.82) is 0 Å². The average molecular weight is 613 g/mol. The van der Waals surface area contributed by atoms with Gasteiger partial charge in [0.25, 0.3) is 0 Å². The number of carbonyl (C=O) groups is 1. The fourth-order valence-electron chi connectivity index (χ4n) is 6.37. The fourth-order valence-corrected chi connectivity index (χ4v) is 6.37. The van der Waals surface area contributed by atoms with E-state index < -0.39 is 5.60 Å². The molecule has 3 aliphatic rings. The number of nitrogens with two attached hydrogens (primary N) is 2. The highest BCUT2D eigenvalue weighted by molar-refractivity contribution is 5.90. The van der Waals surface area contributed by atoms with Gasteiger partial charge in [0.2, 0.25) is 5.96 Å². The second kappa shape index (κ2) is 13.3. The van der Waals surface area contributed by atoms with E-state index in [1.165, 1.54) is 36.1 Å². The molecule has 10 heteroatoms. The first-order chi connectivity index (χ1) is 21.9. The van der Waals surface area contributed by atoms with Crippen LogP contribution in [0, 0.1) is 5.82 Å². The Balaban J connectivity index is 1.10. The van der Waals surface area contributed by atoms with Crippen LogP contribution in [0.1, 0.15) is 55.2 Å². The van der Waals surface area contributed by atoms with E-state index in [0.29, 0.717) is 32.0 Å². The van der Waals surface area contributed by atoms with Gasteiger partial charge in [-0.3, -0.25) is 14.8 Å². The van der Waals surface area contributed by atoms with Crippen LogP contribution in [0.2, 0.25) is 0 Å². The Kier molecular flexibility index (Phi) is 9.02. The van der Waals surface area contributed by atoms with E-state index in [1.54, 1.807) is 4.90 Å². The summed E-state index contributed by atoms with van der Waals surface area (Å²) in [5.74, 6) is 1.33. The normalized spacial score (nSPS) is 18.6. The number of hydrogen-bond acceptors (Lipinski definition) is 5. The molecule has 0 radical (unpaired) electrons. The maximum atomic E-state index is 13.7. The van der Waals surface area contributed by atoms with Crippen molar-refractivity contribution in [1.82, 2.24) is 4.90 Å². The molecule has 3 aromatic rings. The predicted octanol–water partition coefficient (Wildman–Crippen LogP) is 5.60. The smallest absolute Gasteiger partial charge is 0.415 e. The Labute approximate surface area is 263 Å². The van der Waals surface area contributed by atoms with Gasteiger partial charge in [-0.05, 0) is 90.8 Å². The van der Waals surface area contributed by atoms with E-state index in [9.17, 15) is 9.18 Å². The second-order valence-electron chi connectivity index (χ2n) is 12.1. The Hall–Kier alpha value is -4.44. The van der Waals surface area contributed by atoms with Crippen LogP contribution in [0.15, 0.2) is 70.6 Å². The van der Waals surface area contributed by atoms with E-state index >= 15 is 0 Å². The molecule has 6 rings (SSSR count). The van der Waals surface area contributed by atoms with Gasteiger partial charge in [0.15, 0.2) is 0 Å². The maximum Gasteiger partial charge on any atom is 0.415 e. The minimum absolute atomic E-state index is 0.155. The summed E-state index contributed by atoms with van der Waals surface area (Å²) in [5, 5.41) is 0. The Bertz CT molecular complexity index is 1560. The SMILES string of the molecule is CCOc1cc(-c2ccc(F)cc2)c(C2CC2)cc1CN1CCC2(CC1)CN(c1ccc(CCN=C(N)/N=C\N)cc1)C(=O)O2. The first-order valence-electron chi connectivity index (χ1n) is 15.8. The minimum atomic E-state index is -0.490. The number of amides is 1. The first kappa shape index (κ1) is 30.6. The van der Waals surface area contributed by atoms with Crippen LogP contribution in [0.3, 0.4) is 0 Å². The van der Waals surface area contributed by atoms with Crippen LogP contribution in [0.25, 0.3) is 11.1 Å². The molecule has 3 aromatic carbocycles. The van der Waals surface area contributed by atoms with Crippen LogP contribution in [-0.2, 0) is 17.7 Å². The van der Waals surface area contributed by atoms with Crippen molar-refractivity contribution in [2.45, 2.75) is 57.1 Å². The first-order valence-corrected chi connectivity index (χ1v) is 15.8. The zero-order valence-corrected chi connectivity index (χ0v) is 25.8. The lowest BCUT2D eigenvalue weighted by molar-refractivity contribution is -0.00111. The molecule has 1 amide bonds. The molecular weight excluding hydrogens is 571 g/mol. The molecule has 2 aliphatic heterocycles. The largest absolute Gasteiger partial charge is 0.494 e. The van der Waals surface area contributed by atoms with Gasteiger partial charge in [-0.25, -0.2) is 14.2 Å². The number of anilines is 1. The fraction of sp³-hybridized carbons (Fsp3) is 0.400. The summed E-state index contributed by atoms with van der Waals surface area (Å²) in [4.78, 5) is 25.1. The number of hydrogen-bond donors (Lipinski definition) is 2. The van der Waals surface area contributed by atoms with E-state index in [0.717, 1.165) is 66.9 Å². The van der Waals surface area contributed by atoms with Gasteiger partial charge < -0.3 is 20.9 Å². The molecule has 0 atom stereocenters. The highest BCUT2D eigenvalue weighted by atomic mass is 19.1. The summed E-state index contributed by atoms with van der Waals surface area (Å²) < 4.78 is 25.8. The third-order valence-corrected chi connectivity index (χ3v) is 8.97. The van der Waals surface area contributed by atoms with E-state index in [1.807, 2.05) is 43.3 Å². The quantitative estimate of drug-likeness (QED) is 0.227. The second-order valence-corrected chi connectivity index (χ2v) is 12.1. The molecule has 3 fully saturated rings. The molecule has 0 bridgehead atoms. The van der Waals surface area contributed by atoms with Crippen LogP contribution >= 0.6 is 0 Å². The van der Waals surface area contributed by atoms with Crippen molar-refractivity contribution in [2.24, 2.45) is 21.5 Å². The summed E-state index contributed by atoms with van der Waals surface area (Å²) in [6.45, 7) is 6.02. The Morgan fingerprint density at radius 1 is 1.11 bits per heavy atom. The number of aliphatic imine (C=N–C) groups is 2. The number of piperidine rings is 1. The minimum Gasteiger partial charge on any atom is -0.494 e. The third-order valence-electron chi connectivity index (χ3n) is 8.97. The molecule has 1 spiro atoms. The lowest BCUT2D eigenvalue weighted by Gasteiger charge is -2.37. The zero-order valence-electron chi connectivity index (χ0n) is 25.8. The molecule has 4 N–H and O–H groups in total. The molecule has 9 nitrogen and oxygen atoms in total. The highest BCUT2D eigenvalue weighted by Gasteiger charge is 2.47. The van der Waals surface area contributed by atoms with Gasteiger partial charge in [-0.1, -0.05) is 24.3 Å². The number of benzene rings is 3. The van der Waals surface area contributed by atoms with Crippen LogP contribution in [-0.4, -0.2) is 61.7 Å². The zero-order chi connectivity index (χ0) is 31.4. The van der Waals surface area contributed by atoms with Crippen molar-refractivity contribution < 1.29 is 18.7 Å². The van der Waals surface area contributed by atoms with Gasteiger partial charge >= 0.3 is 6.09 Å². The molecule has 0 aromatic heterocycles. The average Bonchev–Trinajstić information content (AvgIpc) is 3.83. The van der Waals surface area contributed by atoms with Gasteiger partial charge in [-0.2, -0.15) is 0 Å². The lowest BCUT2D eigenvalue weighted by atomic mass is 9.90. The van der Waals surface area contributed by atoms with E-state index in [4.69, 9.17) is 20.9 Å². The standard InChI is InChI=1S/C35H41FN6O3/c1-2-44-32-20-31(26-7-9-28(36)10-8-26)30(25-5-6-25)19-27(32)21-41-17-14-35(15-18-41)22-42(34(43)45-35)29-11-3-24(4-12-29)13-16-39-33(38)40-23-37/h3-4,7-12,19-20,23,25H,2,5-6,13-18,21-22H2,1H3,(H4,37,38,39,40). The topological polar surface area (TPSA) is 119 Å². The summed E-state index contributed by atoms with van der Waals surface area (Å²) in [5.41, 5.74) is 16.9. The Morgan fingerprint density at radius 2 is 1.84 bits per heavy atom. The molecule has 2 heterocycles. The number of guanidine groups is 1. The van der Waals surface area contributed by atoms with E-state index in [-0.39, 0.29) is 17.9 Å². The van der Waals surface area contributed by atoms with Gasteiger partial charge in [0, 0.05) is 50.3 Å². The molecule has 45 heavy (non-hydrogen) atoms. The molecule has 1 saturated carbocycles. The predicted molar refractivity (Wildman–Crippen MR) is 175 cm³/mol. The van der Waals surface area contributed by atoms with Crippen LogP contribution in [0.4, 0.5) is 14.9 Å². The van der Waals surface area contributed by atoms with Gasteiger partial charge in [0.1, 0.15) is 17.2 Å². The summed E-state index contributed by atoms with van der Waals surface area (Å²) in [6.07, 6.45) is 5.42. The van der Waals surface area contributed by atoms with Crippen molar-refractivity contribution in [3.8, 4) is 16.9 Å². The van der Waals surface area contributed by atoms with Crippen LogP contribution in [0.5, 0.6) is 5.75 Å². The van der Waals surface area contributed by atoms with Crippen molar-refractivity contribution in [3.63, 3.8) is 0 Å². The number of carbonyl (C=O) groups excluding carboxylic acids is 1. The molecule has 236 valence electrons. The van der Waals surface area contributed by atoms with Crippen molar-refractivity contribution in [2.75, 3.05) is 37.7 Å². The summed E-state index contributed by atoms with van der Waals surface area (Å²) in [6, 6.07) is 19.1. The van der Waals surface area contributed by atoms with Crippen LogP contribution < -0.4 is 21.1 Å². The highest BCUT2D eigenvalue weighted by Crippen LogP contribution is 2.47. The summed E-state index contributed by atoms with van der Waals surface area (Å²) in [7, 11) is 0. The summed E-state index contributed by atoms with van der Waals surface area (Å²) >= 11 is 0. The lowest BCUT2D eigenvalue weighted by Crippen LogP contribution is -2.46. The maximum absolute atomic E-state index is 13.7. The molecular formula is C35H41FN6O3. The number of likely N-dealkylation sites (tertiary alicyclic amines) is 1. The third kappa shape index (κ3) is 7.12. The molecule has 2 saturated heterocycles.